The molecule has 0 atom stereocenters. The number of hydrogen-bond donors (Lipinski definition) is 1. The molecule has 0 radical (unpaired) electrons. The molecule has 0 saturated heterocycles. The minimum absolute atomic E-state index is 0.0426. The lowest BCUT2D eigenvalue weighted by Crippen LogP contribution is -2.01. The van der Waals surface area contributed by atoms with E-state index in [1.54, 1.807) is 24.3 Å². The van der Waals surface area contributed by atoms with Crippen molar-refractivity contribution in [3.63, 3.8) is 0 Å². The molecule has 98 valence electrons. The summed E-state index contributed by atoms with van der Waals surface area (Å²) in [6, 6.07) is 11.7. The summed E-state index contributed by atoms with van der Waals surface area (Å²) >= 11 is 5.93. The van der Waals surface area contributed by atoms with Crippen molar-refractivity contribution in [3.8, 4) is 5.75 Å². The Morgan fingerprint density at radius 2 is 2.00 bits per heavy atom. The standard InChI is InChI=1S/C14H12ClFN2O/c15-12-5-3-6-13(16)11(12)9-19-14-7-2-1-4-10(14)8-18-17/h1-8H,9,17H2. The van der Waals surface area contributed by atoms with E-state index in [2.05, 4.69) is 5.10 Å². The molecule has 0 heterocycles. The Morgan fingerprint density at radius 3 is 2.74 bits per heavy atom. The van der Waals surface area contributed by atoms with Crippen LogP contribution in [0.2, 0.25) is 5.02 Å². The minimum atomic E-state index is -0.391. The van der Waals surface area contributed by atoms with Crippen LogP contribution in [0.1, 0.15) is 11.1 Å². The first-order valence-electron chi connectivity index (χ1n) is 5.60. The molecule has 0 aliphatic rings. The first-order valence-corrected chi connectivity index (χ1v) is 5.98. The van der Waals surface area contributed by atoms with Crippen molar-refractivity contribution in [2.75, 3.05) is 0 Å². The zero-order valence-corrected chi connectivity index (χ0v) is 10.8. The number of nitrogens with two attached hydrogens (primary N) is 1. The number of hydrogen-bond acceptors (Lipinski definition) is 3. The lowest BCUT2D eigenvalue weighted by molar-refractivity contribution is 0.299. The van der Waals surface area contributed by atoms with Crippen LogP contribution >= 0.6 is 11.6 Å². The molecule has 2 rings (SSSR count). The number of para-hydroxylation sites is 1. The van der Waals surface area contributed by atoms with E-state index in [1.165, 1.54) is 12.3 Å². The molecular weight excluding hydrogens is 267 g/mol. The second kappa shape index (κ2) is 6.20. The van der Waals surface area contributed by atoms with Gasteiger partial charge in [0.05, 0.1) is 11.2 Å². The Bertz CT molecular complexity index is 581. The molecule has 0 spiro atoms. The fourth-order valence-corrected chi connectivity index (χ4v) is 1.84. The zero-order valence-electron chi connectivity index (χ0n) is 10.0. The Labute approximate surface area is 115 Å². The smallest absolute Gasteiger partial charge is 0.131 e. The molecule has 0 aliphatic carbocycles. The Hall–Kier alpha value is -2.07. The summed E-state index contributed by atoms with van der Waals surface area (Å²) in [7, 11) is 0. The molecule has 5 heteroatoms. The predicted octanol–water partition coefficient (Wildman–Crippen LogP) is 3.35. The number of rotatable bonds is 4. The van der Waals surface area contributed by atoms with Crippen molar-refractivity contribution in [1.82, 2.24) is 0 Å². The van der Waals surface area contributed by atoms with Crippen LogP contribution in [0.25, 0.3) is 0 Å². The zero-order chi connectivity index (χ0) is 13.7. The maximum atomic E-state index is 13.6. The molecule has 0 amide bonds. The monoisotopic (exact) mass is 278 g/mol. The molecule has 19 heavy (non-hydrogen) atoms. The van der Waals surface area contributed by atoms with E-state index >= 15 is 0 Å². The topological polar surface area (TPSA) is 47.6 Å². The molecule has 2 aromatic carbocycles. The SMILES string of the molecule is NN=Cc1ccccc1OCc1c(F)cccc1Cl. The van der Waals surface area contributed by atoms with Crippen LogP contribution < -0.4 is 10.6 Å². The normalized spacial score (nSPS) is 10.8. The van der Waals surface area contributed by atoms with Crippen molar-refractivity contribution in [3.05, 3.63) is 64.4 Å². The van der Waals surface area contributed by atoms with Crippen molar-refractivity contribution in [2.45, 2.75) is 6.61 Å². The van der Waals surface area contributed by atoms with Gasteiger partial charge in [-0.3, -0.25) is 0 Å². The van der Waals surface area contributed by atoms with Gasteiger partial charge in [0, 0.05) is 11.1 Å². The summed E-state index contributed by atoms with van der Waals surface area (Å²) in [6.45, 7) is 0.0426. The van der Waals surface area contributed by atoms with Gasteiger partial charge in [-0.2, -0.15) is 5.10 Å². The van der Waals surface area contributed by atoms with Gasteiger partial charge in [-0.1, -0.05) is 29.8 Å². The molecule has 0 saturated carbocycles. The highest BCUT2D eigenvalue weighted by molar-refractivity contribution is 6.31. The molecule has 0 unspecified atom stereocenters. The molecule has 2 N–H and O–H groups in total. The van der Waals surface area contributed by atoms with Gasteiger partial charge in [-0.05, 0) is 24.3 Å². The first kappa shape index (κ1) is 13.4. The molecule has 3 nitrogen and oxygen atoms in total. The highest BCUT2D eigenvalue weighted by Crippen LogP contribution is 2.22. The number of hydrazone groups is 1. The van der Waals surface area contributed by atoms with E-state index in [-0.39, 0.29) is 6.61 Å². The fraction of sp³-hybridized carbons (Fsp3) is 0.0714. The average molecular weight is 279 g/mol. The van der Waals surface area contributed by atoms with E-state index in [1.807, 2.05) is 12.1 Å². The summed E-state index contributed by atoms with van der Waals surface area (Å²) in [5, 5.41) is 3.79. The third kappa shape index (κ3) is 3.23. The summed E-state index contributed by atoms with van der Waals surface area (Å²) in [4.78, 5) is 0. The van der Waals surface area contributed by atoms with Crippen LogP contribution in [0.3, 0.4) is 0 Å². The lowest BCUT2D eigenvalue weighted by atomic mass is 10.2. The average Bonchev–Trinajstić information content (AvgIpc) is 2.40. The van der Waals surface area contributed by atoms with Gasteiger partial charge >= 0.3 is 0 Å². The summed E-state index contributed by atoms with van der Waals surface area (Å²) in [6.07, 6.45) is 1.47. The maximum absolute atomic E-state index is 13.6. The molecule has 0 bridgehead atoms. The number of ether oxygens (including phenoxy) is 1. The lowest BCUT2D eigenvalue weighted by Gasteiger charge is -2.10. The van der Waals surface area contributed by atoms with Crippen molar-refractivity contribution in [2.24, 2.45) is 10.9 Å². The summed E-state index contributed by atoms with van der Waals surface area (Å²) < 4.78 is 19.2. The van der Waals surface area contributed by atoms with Gasteiger partial charge in [0.2, 0.25) is 0 Å². The van der Waals surface area contributed by atoms with E-state index in [0.29, 0.717) is 16.3 Å². The van der Waals surface area contributed by atoms with E-state index in [0.717, 1.165) is 5.56 Å². The van der Waals surface area contributed by atoms with E-state index in [9.17, 15) is 4.39 Å². The van der Waals surface area contributed by atoms with Crippen molar-refractivity contribution in [1.29, 1.82) is 0 Å². The second-order valence-corrected chi connectivity index (χ2v) is 4.21. The summed E-state index contributed by atoms with van der Waals surface area (Å²) in [5.41, 5.74) is 1.04. The van der Waals surface area contributed by atoms with Crippen molar-refractivity contribution < 1.29 is 9.13 Å². The molecule has 0 fully saturated rings. The van der Waals surface area contributed by atoms with Crippen molar-refractivity contribution >= 4 is 17.8 Å². The highest BCUT2D eigenvalue weighted by atomic mass is 35.5. The summed E-state index contributed by atoms with van der Waals surface area (Å²) in [5.74, 6) is 5.29. The third-order valence-electron chi connectivity index (χ3n) is 2.57. The van der Waals surface area contributed by atoms with Crippen LogP contribution in [0, 0.1) is 5.82 Å². The second-order valence-electron chi connectivity index (χ2n) is 3.80. The molecule has 0 aliphatic heterocycles. The van der Waals surface area contributed by atoms with Gasteiger partial charge in [0.1, 0.15) is 18.2 Å². The van der Waals surface area contributed by atoms with Crippen LogP contribution in [0.5, 0.6) is 5.75 Å². The van der Waals surface area contributed by atoms with Crippen LogP contribution in [-0.2, 0) is 6.61 Å². The first-order chi connectivity index (χ1) is 9.22. The number of benzene rings is 2. The van der Waals surface area contributed by atoms with Gasteiger partial charge in [0.15, 0.2) is 0 Å². The van der Waals surface area contributed by atoms with Crippen LogP contribution in [-0.4, -0.2) is 6.21 Å². The Kier molecular flexibility index (Phi) is 4.36. The van der Waals surface area contributed by atoms with Crippen LogP contribution in [0.4, 0.5) is 4.39 Å². The molecule has 2 aromatic rings. The maximum Gasteiger partial charge on any atom is 0.131 e. The molecular formula is C14H12ClFN2O. The van der Waals surface area contributed by atoms with Gasteiger partial charge in [0.25, 0.3) is 0 Å². The Morgan fingerprint density at radius 1 is 1.21 bits per heavy atom. The minimum Gasteiger partial charge on any atom is -0.488 e. The predicted molar refractivity (Wildman–Crippen MR) is 74.0 cm³/mol. The quantitative estimate of drug-likeness (QED) is 0.530. The Balaban J connectivity index is 2.19. The third-order valence-corrected chi connectivity index (χ3v) is 2.92. The van der Waals surface area contributed by atoms with Crippen LogP contribution in [0.15, 0.2) is 47.6 Å². The number of nitrogens with zero attached hydrogens (tertiary/aromatic N) is 1. The van der Waals surface area contributed by atoms with Gasteiger partial charge in [-0.15, -0.1) is 0 Å². The van der Waals surface area contributed by atoms with Gasteiger partial charge < -0.3 is 10.6 Å². The molecule has 0 aromatic heterocycles. The van der Waals surface area contributed by atoms with E-state index in [4.69, 9.17) is 22.2 Å². The fourth-order valence-electron chi connectivity index (χ4n) is 1.62. The van der Waals surface area contributed by atoms with Gasteiger partial charge in [-0.25, -0.2) is 4.39 Å². The largest absolute Gasteiger partial charge is 0.488 e. The van der Waals surface area contributed by atoms with E-state index < -0.39 is 5.82 Å². The highest BCUT2D eigenvalue weighted by Gasteiger charge is 2.08. The number of halogens is 2.